The Morgan fingerprint density at radius 2 is 1.91 bits per heavy atom. The molecule has 33 heavy (non-hydrogen) atoms. The van der Waals surface area contributed by atoms with Crippen molar-refractivity contribution in [3.8, 4) is 11.5 Å². The maximum Gasteiger partial charge on any atom is 0.358 e. The van der Waals surface area contributed by atoms with Gasteiger partial charge in [0.1, 0.15) is 23.3 Å². The van der Waals surface area contributed by atoms with Crippen LogP contribution in [0, 0.1) is 17.0 Å². The lowest BCUT2D eigenvalue weighted by Gasteiger charge is -2.14. The summed E-state index contributed by atoms with van der Waals surface area (Å²) in [5, 5.41) is 30.7. The van der Waals surface area contributed by atoms with Crippen LogP contribution >= 0.6 is 0 Å². The molecule has 0 saturated carbocycles. The molecule has 0 radical (unpaired) electrons. The quantitative estimate of drug-likeness (QED) is 0.292. The highest BCUT2D eigenvalue weighted by atomic mass is 16.6. The number of carbonyl (C=O) groups excluding carboxylic acids is 1. The molecule has 0 amide bonds. The molecule has 0 bridgehead atoms. The van der Waals surface area contributed by atoms with Crippen LogP contribution in [0.2, 0.25) is 0 Å². The standard InChI is InChI=1S/C22H24N4O7/c1-5-33-22(28)20-19(23-24-25(20)12-14-6-8-15(31-3)9-7-14)21(27)16-11-18(32-4)13(2)10-17(16)26(29)30/h6-11,21,27H,5,12H2,1-4H3. The van der Waals surface area contributed by atoms with Crippen LogP contribution in [0.1, 0.15) is 45.9 Å². The molecular formula is C22H24N4O7. The van der Waals surface area contributed by atoms with Gasteiger partial charge in [0.25, 0.3) is 5.69 Å². The van der Waals surface area contributed by atoms with Gasteiger partial charge in [0.05, 0.1) is 37.9 Å². The van der Waals surface area contributed by atoms with Crippen molar-refractivity contribution in [2.24, 2.45) is 0 Å². The molecule has 1 aromatic heterocycles. The van der Waals surface area contributed by atoms with Gasteiger partial charge in [0.15, 0.2) is 5.69 Å². The average molecular weight is 456 g/mol. The average Bonchev–Trinajstić information content (AvgIpc) is 3.22. The fraction of sp³-hybridized carbons (Fsp3) is 0.318. The second-order valence-electron chi connectivity index (χ2n) is 7.09. The predicted molar refractivity (Wildman–Crippen MR) is 117 cm³/mol. The largest absolute Gasteiger partial charge is 0.497 e. The summed E-state index contributed by atoms with van der Waals surface area (Å²) in [4.78, 5) is 23.8. The topological polar surface area (TPSA) is 139 Å². The van der Waals surface area contributed by atoms with Crippen LogP contribution in [0.4, 0.5) is 5.69 Å². The molecule has 3 aromatic rings. The molecule has 1 heterocycles. The number of ether oxygens (including phenoxy) is 3. The molecule has 2 aromatic carbocycles. The summed E-state index contributed by atoms with van der Waals surface area (Å²) < 4.78 is 16.8. The molecule has 11 nitrogen and oxygen atoms in total. The first kappa shape index (κ1) is 23.7. The minimum atomic E-state index is -1.62. The lowest BCUT2D eigenvalue weighted by Crippen LogP contribution is -2.17. The van der Waals surface area contributed by atoms with E-state index in [0.717, 1.165) is 5.56 Å². The van der Waals surface area contributed by atoms with Crippen molar-refractivity contribution < 1.29 is 29.0 Å². The molecule has 0 spiro atoms. The molecule has 1 N–H and O–H groups in total. The summed E-state index contributed by atoms with van der Waals surface area (Å²) >= 11 is 0. The van der Waals surface area contributed by atoms with Crippen LogP contribution in [0.5, 0.6) is 11.5 Å². The fourth-order valence-corrected chi connectivity index (χ4v) is 3.37. The molecule has 0 saturated heterocycles. The van der Waals surface area contributed by atoms with Crippen LogP contribution in [0.25, 0.3) is 0 Å². The lowest BCUT2D eigenvalue weighted by molar-refractivity contribution is -0.386. The van der Waals surface area contributed by atoms with E-state index in [1.807, 2.05) is 0 Å². The predicted octanol–water partition coefficient (Wildman–Crippen LogP) is 2.82. The van der Waals surface area contributed by atoms with Crippen LogP contribution < -0.4 is 9.47 Å². The zero-order valence-electron chi connectivity index (χ0n) is 18.6. The number of methoxy groups -OCH3 is 2. The Balaban J connectivity index is 2.09. The Morgan fingerprint density at radius 1 is 1.21 bits per heavy atom. The fourth-order valence-electron chi connectivity index (χ4n) is 3.37. The van der Waals surface area contributed by atoms with Crippen molar-refractivity contribution in [3.05, 3.63) is 74.6 Å². The minimum Gasteiger partial charge on any atom is -0.497 e. The van der Waals surface area contributed by atoms with Crippen molar-refractivity contribution in [1.29, 1.82) is 0 Å². The summed E-state index contributed by atoms with van der Waals surface area (Å²) in [5.41, 5.74) is 0.638. The summed E-state index contributed by atoms with van der Waals surface area (Å²) in [7, 11) is 2.97. The molecule has 174 valence electrons. The highest BCUT2D eigenvalue weighted by Gasteiger charge is 2.32. The number of aryl methyl sites for hydroxylation is 1. The summed E-state index contributed by atoms with van der Waals surface area (Å²) in [5.74, 6) is 0.254. The molecule has 0 fully saturated rings. The SMILES string of the molecule is CCOC(=O)c1c(C(O)c2cc(OC)c(C)cc2[N+](=O)[O-])nnn1Cc1ccc(OC)cc1. The molecule has 1 atom stereocenters. The highest BCUT2D eigenvalue weighted by Crippen LogP contribution is 2.35. The second-order valence-corrected chi connectivity index (χ2v) is 7.09. The third-order valence-electron chi connectivity index (χ3n) is 5.02. The number of aromatic nitrogens is 3. The van der Waals surface area contributed by atoms with Gasteiger partial charge in [0.2, 0.25) is 0 Å². The van der Waals surface area contributed by atoms with E-state index in [2.05, 4.69) is 10.3 Å². The number of rotatable bonds is 9. The van der Waals surface area contributed by atoms with Crippen molar-refractivity contribution >= 4 is 11.7 Å². The van der Waals surface area contributed by atoms with Gasteiger partial charge in [-0.15, -0.1) is 5.10 Å². The first-order chi connectivity index (χ1) is 15.8. The Labute approximate surface area is 189 Å². The monoisotopic (exact) mass is 456 g/mol. The van der Waals surface area contributed by atoms with Crippen LogP contribution in [-0.2, 0) is 11.3 Å². The Kier molecular flexibility index (Phi) is 7.23. The zero-order valence-corrected chi connectivity index (χ0v) is 18.6. The number of esters is 1. The number of hydrogen-bond acceptors (Lipinski definition) is 9. The van der Waals surface area contributed by atoms with Crippen molar-refractivity contribution in [2.45, 2.75) is 26.5 Å². The van der Waals surface area contributed by atoms with Crippen molar-refractivity contribution in [1.82, 2.24) is 15.0 Å². The van der Waals surface area contributed by atoms with E-state index in [-0.39, 0.29) is 35.8 Å². The maximum absolute atomic E-state index is 12.8. The smallest absolute Gasteiger partial charge is 0.358 e. The summed E-state index contributed by atoms with van der Waals surface area (Å²) in [6.07, 6.45) is -1.62. The van der Waals surface area contributed by atoms with E-state index >= 15 is 0 Å². The number of hydrogen-bond donors (Lipinski definition) is 1. The van der Waals surface area contributed by atoms with E-state index in [4.69, 9.17) is 14.2 Å². The van der Waals surface area contributed by atoms with E-state index in [0.29, 0.717) is 17.1 Å². The third kappa shape index (κ3) is 4.93. The summed E-state index contributed by atoms with van der Waals surface area (Å²) in [6, 6.07) is 9.75. The second kappa shape index (κ2) is 10.1. The number of nitro benzene ring substituents is 1. The Hall–Kier alpha value is -3.99. The minimum absolute atomic E-state index is 0.0792. The highest BCUT2D eigenvalue weighted by molar-refractivity contribution is 5.89. The van der Waals surface area contributed by atoms with E-state index < -0.39 is 17.0 Å². The van der Waals surface area contributed by atoms with Gasteiger partial charge in [-0.3, -0.25) is 10.1 Å². The first-order valence-electron chi connectivity index (χ1n) is 10.0. The molecule has 1 unspecified atom stereocenters. The third-order valence-corrected chi connectivity index (χ3v) is 5.02. The van der Waals surface area contributed by atoms with Gasteiger partial charge in [-0.05, 0) is 43.2 Å². The molecule has 3 rings (SSSR count). The van der Waals surface area contributed by atoms with Gasteiger partial charge in [-0.25, -0.2) is 9.48 Å². The molecule has 0 aliphatic rings. The first-order valence-corrected chi connectivity index (χ1v) is 10.0. The van der Waals surface area contributed by atoms with Gasteiger partial charge >= 0.3 is 5.97 Å². The molecular weight excluding hydrogens is 432 g/mol. The Bertz CT molecular complexity index is 1160. The number of nitrogens with zero attached hydrogens (tertiary/aromatic N) is 4. The zero-order chi connectivity index (χ0) is 24.1. The van der Waals surface area contributed by atoms with Gasteiger partial charge in [-0.2, -0.15) is 0 Å². The lowest BCUT2D eigenvalue weighted by atomic mass is 10.00. The van der Waals surface area contributed by atoms with E-state index in [1.165, 1.54) is 23.9 Å². The number of nitro groups is 1. The Morgan fingerprint density at radius 3 is 2.48 bits per heavy atom. The normalized spacial score (nSPS) is 11.7. The molecule has 11 heteroatoms. The van der Waals surface area contributed by atoms with Crippen LogP contribution in [-0.4, -0.2) is 51.8 Å². The maximum atomic E-state index is 12.8. The molecule has 0 aliphatic carbocycles. The number of aliphatic hydroxyl groups is 1. The van der Waals surface area contributed by atoms with Gasteiger partial charge in [0, 0.05) is 6.07 Å². The van der Waals surface area contributed by atoms with Gasteiger partial charge < -0.3 is 19.3 Å². The summed E-state index contributed by atoms with van der Waals surface area (Å²) in [6.45, 7) is 3.52. The number of aliphatic hydroxyl groups excluding tert-OH is 1. The van der Waals surface area contributed by atoms with Gasteiger partial charge in [-0.1, -0.05) is 17.3 Å². The number of benzene rings is 2. The van der Waals surface area contributed by atoms with Crippen molar-refractivity contribution in [2.75, 3.05) is 20.8 Å². The van der Waals surface area contributed by atoms with Crippen molar-refractivity contribution in [3.63, 3.8) is 0 Å². The molecule has 0 aliphatic heterocycles. The van der Waals surface area contributed by atoms with Crippen LogP contribution in [0.3, 0.4) is 0 Å². The van der Waals surface area contributed by atoms with E-state index in [9.17, 15) is 20.0 Å². The van der Waals surface area contributed by atoms with E-state index in [1.54, 1.807) is 45.2 Å². The number of carbonyl (C=O) groups is 1. The van der Waals surface area contributed by atoms with Crippen LogP contribution in [0.15, 0.2) is 36.4 Å².